The number of halogens is 2. The van der Waals surface area contributed by atoms with E-state index >= 15 is 0 Å². The van der Waals surface area contributed by atoms with E-state index in [0.29, 0.717) is 17.1 Å². The van der Waals surface area contributed by atoms with Crippen molar-refractivity contribution in [3.05, 3.63) is 29.8 Å². The van der Waals surface area contributed by atoms with Crippen molar-refractivity contribution >= 4 is 23.1 Å². The fourth-order valence-corrected chi connectivity index (χ4v) is 1.32. The molecule has 1 rings (SSSR count). The molecular weight excluding hydrogens is 274 g/mol. The molecular formula is C12H14F2N2O2S. The highest BCUT2D eigenvalue weighted by atomic mass is 32.1. The van der Waals surface area contributed by atoms with Crippen molar-refractivity contribution in [1.82, 2.24) is 5.32 Å². The van der Waals surface area contributed by atoms with Crippen molar-refractivity contribution in [3.63, 3.8) is 0 Å². The fraction of sp³-hybridized carbons (Fsp3) is 0.333. The molecule has 0 aliphatic rings. The highest BCUT2D eigenvalue weighted by molar-refractivity contribution is 7.80. The van der Waals surface area contributed by atoms with Gasteiger partial charge in [0.1, 0.15) is 5.75 Å². The summed E-state index contributed by atoms with van der Waals surface area (Å²) in [5, 5.41) is 2.64. The minimum atomic E-state index is -2.88. The topological polar surface area (TPSA) is 64.3 Å². The average Bonchev–Trinajstić information content (AvgIpc) is 2.35. The first kappa shape index (κ1) is 15.3. The van der Waals surface area contributed by atoms with Gasteiger partial charge in [0.25, 0.3) is 5.91 Å². The maximum absolute atomic E-state index is 11.9. The van der Waals surface area contributed by atoms with Crippen LogP contribution in [-0.4, -0.2) is 24.1 Å². The van der Waals surface area contributed by atoms with E-state index in [9.17, 15) is 13.6 Å². The second-order valence-corrected chi connectivity index (χ2v) is 4.39. The number of nitrogens with two attached hydrogens (primary N) is 1. The number of thiocarbonyl (C=S) groups is 1. The van der Waals surface area contributed by atoms with E-state index in [0.717, 1.165) is 0 Å². The Kier molecular flexibility index (Phi) is 5.62. The molecule has 1 aromatic carbocycles. The van der Waals surface area contributed by atoms with Crippen molar-refractivity contribution in [2.45, 2.75) is 13.5 Å². The summed E-state index contributed by atoms with van der Waals surface area (Å²) < 4.78 is 28.1. The number of alkyl halides is 2. The van der Waals surface area contributed by atoms with Gasteiger partial charge in [-0.05, 0) is 24.3 Å². The van der Waals surface area contributed by atoms with E-state index in [-0.39, 0.29) is 17.6 Å². The maximum Gasteiger partial charge on any atom is 0.387 e. The summed E-state index contributed by atoms with van der Waals surface area (Å²) in [6.07, 6.45) is 0. The SMILES string of the molecule is CC(CNC(=O)c1ccc(OC(F)F)cc1)C(N)=S. The number of hydrogen-bond donors (Lipinski definition) is 2. The number of benzene rings is 1. The summed E-state index contributed by atoms with van der Waals surface area (Å²) in [6.45, 7) is -0.767. The van der Waals surface area contributed by atoms with E-state index in [1.165, 1.54) is 24.3 Å². The number of ether oxygens (including phenoxy) is 1. The summed E-state index contributed by atoms with van der Waals surface area (Å²) in [7, 11) is 0. The molecule has 3 N–H and O–H groups in total. The van der Waals surface area contributed by atoms with Crippen molar-refractivity contribution in [2.75, 3.05) is 6.54 Å². The van der Waals surface area contributed by atoms with E-state index in [2.05, 4.69) is 10.1 Å². The number of nitrogens with one attached hydrogen (secondary N) is 1. The number of carbonyl (C=O) groups excluding carboxylic acids is 1. The molecule has 0 spiro atoms. The van der Waals surface area contributed by atoms with Crippen LogP contribution in [0, 0.1) is 5.92 Å². The summed E-state index contributed by atoms with van der Waals surface area (Å²) in [5.41, 5.74) is 5.76. The molecule has 0 bridgehead atoms. The largest absolute Gasteiger partial charge is 0.435 e. The molecule has 1 aromatic rings. The molecule has 104 valence electrons. The third-order valence-corrected chi connectivity index (χ3v) is 2.80. The molecule has 19 heavy (non-hydrogen) atoms. The zero-order valence-electron chi connectivity index (χ0n) is 10.2. The smallest absolute Gasteiger partial charge is 0.387 e. The molecule has 0 fully saturated rings. The summed E-state index contributed by atoms with van der Waals surface area (Å²) in [5.74, 6) is -0.435. The van der Waals surface area contributed by atoms with Crippen LogP contribution in [0.2, 0.25) is 0 Å². The molecule has 0 aliphatic carbocycles. The van der Waals surface area contributed by atoms with Gasteiger partial charge in [-0.15, -0.1) is 0 Å². The Morgan fingerprint density at radius 1 is 1.42 bits per heavy atom. The van der Waals surface area contributed by atoms with Gasteiger partial charge in [-0.2, -0.15) is 8.78 Å². The molecule has 0 heterocycles. The average molecular weight is 288 g/mol. The molecule has 4 nitrogen and oxygen atoms in total. The molecule has 1 unspecified atom stereocenters. The van der Waals surface area contributed by atoms with E-state index < -0.39 is 6.61 Å². The van der Waals surface area contributed by atoms with Crippen LogP contribution >= 0.6 is 12.2 Å². The van der Waals surface area contributed by atoms with Gasteiger partial charge < -0.3 is 15.8 Å². The monoisotopic (exact) mass is 288 g/mol. The fourth-order valence-electron chi connectivity index (χ4n) is 1.24. The Bertz CT molecular complexity index is 452. The first-order valence-electron chi connectivity index (χ1n) is 5.52. The molecule has 0 aromatic heterocycles. The third-order valence-electron chi connectivity index (χ3n) is 2.40. The molecule has 1 amide bonds. The lowest BCUT2D eigenvalue weighted by Crippen LogP contribution is -2.33. The van der Waals surface area contributed by atoms with Crippen LogP contribution in [0.4, 0.5) is 8.78 Å². The zero-order valence-corrected chi connectivity index (χ0v) is 11.0. The van der Waals surface area contributed by atoms with Crippen molar-refractivity contribution < 1.29 is 18.3 Å². The first-order valence-corrected chi connectivity index (χ1v) is 5.93. The summed E-state index contributed by atoms with van der Waals surface area (Å²) >= 11 is 4.78. The van der Waals surface area contributed by atoms with E-state index in [4.69, 9.17) is 18.0 Å². The predicted octanol–water partition coefficient (Wildman–Crippen LogP) is 1.94. The van der Waals surface area contributed by atoms with E-state index in [1.807, 2.05) is 0 Å². The number of amides is 1. The Balaban J connectivity index is 2.55. The van der Waals surface area contributed by atoms with Gasteiger partial charge in [0.15, 0.2) is 0 Å². The molecule has 0 radical (unpaired) electrons. The number of hydrogen-bond acceptors (Lipinski definition) is 3. The van der Waals surface area contributed by atoms with Crippen LogP contribution in [0.5, 0.6) is 5.75 Å². The van der Waals surface area contributed by atoms with Crippen molar-refractivity contribution in [3.8, 4) is 5.75 Å². The van der Waals surface area contributed by atoms with Crippen molar-refractivity contribution in [1.29, 1.82) is 0 Å². The second kappa shape index (κ2) is 6.98. The van der Waals surface area contributed by atoms with Gasteiger partial charge in [0.2, 0.25) is 0 Å². The number of carbonyl (C=O) groups is 1. The highest BCUT2D eigenvalue weighted by Crippen LogP contribution is 2.14. The molecule has 0 aliphatic heterocycles. The Morgan fingerprint density at radius 2 is 2.00 bits per heavy atom. The van der Waals surface area contributed by atoms with Gasteiger partial charge >= 0.3 is 6.61 Å². The van der Waals surface area contributed by atoms with Gasteiger partial charge in [0.05, 0.1) is 4.99 Å². The van der Waals surface area contributed by atoms with Crippen LogP contribution in [0.25, 0.3) is 0 Å². The first-order chi connectivity index (χ1) is 8.90. The maximum atomic E-state index is 11.9. The van der Waals surface area contributed by atoms with Crippen LogP contribution in [0.15, 0.2) is 24.3 Å². The summed E-state index contributed by atoms with van der Waals surface area (Å²) in [6, 6.07) is 5.41. The quantitative estimate of drug-likeness (QED) is 0.785. The zero-order chi connectivity index (χ0) is 14.4. The van der Waals surface area contributed by atoms with Crippen LogP contribution in [0.3, 0.4) is 0 Å². The Labute approximate surface area is 114 Å². The highest BCUT2D eigenvalue weighted by Gasteiger charge is 2.10. The molecule has 0 saturated heterocycles. The Hall–Kier alpha value is -1.76. The molecule has 1 atom stereocenters. The standard InChI is InChI=1S/C12H14F2N2O2S/c1-7(10(15)19)6-16-11(17)8-2-4-9(5-3-8)18-12(13)14/h2-5,7,12H,6H2,1H3,(H2,15,19)(H,16,17). The van der Waals surface area contributed by atoms with E-state index in [1.54, 1.807) is 6.92 Å². The second-order valence-electron chi connectivity index (χ2n) is 3.92. The van der Waals surface area contributed by atoms with Crippen LogP contribution in [-0.2, 0) is 0 Å². The van der Waals surface area contributed by atoms with Gasteiger partial charge in [-0.3, -0.25) is 4.79 Å². The Morgan fingerprint density at radius 3 is 2.47 bits per heavy atom. The molecule has 7 heteroatoms. The minimum absolute atomic E-state index is 0.00283. The lowest BCUT2D eigenvalue weighted by atomic mass is 10.1. The number of rotatable bonds is 6. The lowest BCUT2D eigenvalue weighted by Gasteiger charge is -2.11. The lowest BCUT2D eigenvalue weighted by molar-refractivity contribution is -0.0498. The minimum Gasteiger partial charge on any atom is -0.435 e. The van der Waals surface area contributed by atoms with Gasteiger partial charge in [-0.1, -0.05) is 19.1 Å². The van der Waals surface area contributed by atoms with Gasteiger partial charge in [0, 0.05) is 18.0 Å². The van der Waals surface area contributed by atoms with Crippen molar-refractivity contribution in [2.24, 2.45) is 11.7 Å². The summed E-state index contributed by atoms with van der Waals surface area (Å²) in [4.78, 5) is 12.0. The predicted molar refractivity (Wildman–Crippen MR) is 71.4 cm³/mol. The van der Waals surface area contributed by atoms with Crippen LogP contribution < -0.4 is 15.8 Å². The van der Waals surface area contributed by atoms with Crippen LogP contribution in [0.1, 0.15) is 17.3 Å². The third kappa shape index (κ3) is 5.17. The molecule has 0 saturated carbocycles. The normalized spacial score (nSPS) is 12.0. The van der Waals surface area contributed by atoms with Gasteiger partial charge in [-0.25, -0.2) is 0 Å².